The third-order valence-electron chi connectivity index (χ3n) is 5.54. The van der Waals surface area contributed by atoms with Crippen LogP contribution in [0.1, 0.15) is 50.4 Å². The van der Waals surface area contributed by atoms with Crippen molar-refractivity contribution in [3.8, 4) is 5.75 Å². The number of azide groups is 1. The molecule has 0 heterocycles. The van der Waals surface area contributed by atoms with Crippen LogP contribution in [0.15, 0.2) is 29.4 Å². The summed E-state index contributed by atoms with van der Waals surface area (Å²) in [5, 5.41) is 13.9. The highest BCUT2D eigenvalue weighted by molar-refractivity contribution is 5.94. The van der Waals surface area contributed by atoms with Gasteiger partial charge in [0.15, 0.2) is 6.23 Å². The van der Waals surface area contributed by atoms with Gasteiger partial charge in [-0.25, -0.2) is 15.4 Å². The number of hydrazine groups is 1. The van der Waals surface area contributed by atoms with Gasteiger partial charge in [-0.15, -0.1) is 0 Å². The number of benzene rings is 1. The van der Waals surface area contributed by atoms with E-state index in [1.54, 1.807) is 39.0 Å². The van der Waals surface area contributed by atoms with Crippen molar-refractivity contribution in [2.75, 3.05) is 46.1 Å². The smallest absolute Gasteiger partial charge is 0.408 e. The van der Waals surface area contributed by atoms with Crippen LogP contribution in [0, 0.1) is 0 Å². The topological polar surface area (TPSA) is 283 Å². The van der Waals surface area contributed by atoms with Crippen LogP contribution in [0.25, 0.3) is 10.4 Å². The molecule has 6 amide bonds. The largest absolute Gasteiger partial charge is 0.491 e. The Hall–Kier alpha value is -4.84. The first-order chi connectivity index (χ1) is 21.8. The van der Waals surface area contributed by atoms with Crippen molar-refractivity contribution in [1.29, 1.82) is 0 Å². The normalized spacial score (nSPS) is 12.0. The zero-order valence-electron chi connectivity index (χ0n) is 26.2. The van der Waals surface area contributed by atoms with Crippen LogP contribution in [0.3, 0.4) is 0 Å². The molecule has 19 heteroatoms. The lowest BCUT2D eigenvalue weighted by Crippen LogP contribution is -2.49. The number of rotatable bonds is 21. The van der Waals surface area contributed by atoms with Crippen LogP contribution in [-0.2, 0) is 23.8 Å². The number of ether oxygens (including phenoxy) is 4. The molecule has 0 radical (unpaired) electrons. The van der Waals surface area contributed by atoms with Gasteiger partial charge < -0.3 is 45.9 Å². The van der Waals surface area contributed by atoms with E-state index < -0.39 is 47.7 Å². The number of nitrogens with one attached hydrogen (secondary N) is 5. The molecule has 256 valence electrons. The van der Waals surface area contributed by atoms with Crippen molar-refractivity contribution >= 4 is 29.8 Å². The van der Waals surface area contributed by atoms with Gasteiger partial charge in [0.25, 0.3) is 11.8 Å². The molecule has 0 aliphatic heterocycles. The number of alkyl carbamates (subject to hydrolysis) is 1. The van der Waals surface area contributed by atoms with Gasteiger partial charge in [-0.2, -0.15) is 0 Å². The summed E-state index contributed by atoms with van der Waals surface area (Å²) in [5.41, 5.74) is 15.3. The predicted octanol–water partition coefficient (Wildman–Crippen LogP) is 0.303. The average molecular weight is 653 g/mol. The molecule has 1 aromatic rings. The zero-order valence-corrected chi connectivity index (χ0v) is 26.2. The van der Waals surface area contributed by atoms with E-state index in [9.17, 15) is 24.0 Å². The molecule has 0 saturated heterocycles. The number of nitrogens with zero attached hydrogens (tertiary/aromatic N) is 3. The van der Waals surface area contributed by atoms with Crippen molar-refractivity contribution in [2.45, 2.75) is 57.9 Å². The molecule has 19 nitrogen and oxygen atoms in total. The number of hydrogen-bond acceptors (Lipinski definition) is 11. The lowest BCUT2D eigenvalue weighted by atomic mass is 10.1. The second-order valence-corrected chi connectivity index (χ2v) is 10.5. The van der Waals surface area contributed by atoms with Gasteiger partial charge in [-0.1, -0.05) is 11.2 Å². The Balaban J connectivity index is 2.57. The molecule has 0 spiro atoms. The first-order valence-electron chi connectivity index (χ1n) is 14.4. The Labute approximate surface area is 266 Å². The fourth-order valence-corrected chi connectivity index (χ4v) is 3.51. The second-order valence-electron chi connectivity index (χ2n) is 10.5. The van der Waals surface area contributed by atoms with E-state index in [0.29, 0.717) is 25.1 Å². The molecular weight excluding hydrogens is 608 g/mol. The highest BCUT2D eigenvalue weighted by Crippen LogP contribution is 2.14. The van der Waals surface area contributed by atoms with E-state index in [2.05, 4.69) is 31.3 Å². The molecule has 0 bridgehead atoms. The number of amides is 6. The summed E-state index contributed by atoms with van der Waals surface area (Å²) in [6.07, 6.45) is -0.440. The van der Waals surface area contributed by atoms with Crippen LogP contribution in [0.4, 0.5) is 9.59 Å². The molecule has 0 saturated carbocycles. The number of carbonyl (C=O) groups is 5. The summed E-state index contributed by atoms with van der Waals surface area (Å²) >= 11 is 0. The first kappa shape index (κ1) is 39.2. The third-order valence-corrected chi connectivity index (χ3v) is 5.54. The minimum absolute atomic E-state index is 0.0101. The van der Waals surface area contributed by atoms with Crippen molar-refractivity contribution in [3.63, 3.8) is 0 Å². The van der Waals surface area contributed by atoms with Crippen molar-refractivity contribution in [1.82, 2.24) is 26.7 Å². The molecule has 46 heavy (non-hydrogen) atoms. The Bertz CT molecular complexity index is 1190. The van der Waals surface area contributed by atoms with Gasteiger partial charge in [0.05, 0.1) is 13.2 Å². The molecule has 9 N–H and O–H groups in total. The number of carbonyl (C=O) groups excluding carboxylic acids is 5. The van der Waals surface area contributed by atoms with E-state index in [4.69, 9.17) is 36.1 Å². The maximum absolute atomic E-state index is 12.8. The van der Waals surface area contributed by atoms with Crippen molar-refractivity contribution in [3.05, 3.63) is 40.3 Å². The SMILES string of the molecule is CC(C)(C)OC(=O)NC(CCCCNC(N)=O)C(=O)NCCNC(=O)c1cccc(OCC(N=[N+]=[N-])OCCOCC(=O)NN)c1. The number of primary amides is 1. The van der Waals surface area contributed by atoms with Gasteiger partial charge >= 0.3 is 12.1 Å². The van der Waals surface area contributed by atoms with E-state index in [1.807, 2.05) is 5.43 Å². The van der Waals surface area contributed by atoms with Crippen LogP contribution in [0.5, 0.6) is 5.75 Å². The summed E-state index contributed by atoms with van der Waals surface area (Å²) in [5.74, 6) is 3.84. The van der Waals surface area contributed by atoms with Crippen LogP contribution < -0.4 is 43.0 Å². The van der Waals surface area contributed by atoms with E-state index in [-0.39, 0.29) is 51.5 Å². The Kier molecular flexibility index (Phi) is 18.6. The highest BCUT2D eigenvalue weighted by atomic mass is 16.6. The lowest BCUT2D eigenvalue weighted by molar-refractivity contribution is -0.126. The molecule has 0 aliphatic carbocycles. The molecular formula is C27H44N10O9. The number of unbranched alkanes of at least 4 members (excludes halogenated alkanes) is 1. The third kappa shape index (κ3) is 18.7. The molecule has 0 aromatic heterocycles. The van der Waals surface area contributed by atoms with Crippen LogP contribution >= 0.6 is 0 Å². The minimum atomic E-state index is -1.00. The van der Waals surface area contributed by atoms with Crippen LogP contribution in [-0.4, -0.2) is 93.8 Å². The number of hydrogen-bond donors (Lipinski definition) is 7. The quantitative estimate of drug-likeness (QED) is 0.0181. The summed E-state index contributed by atoms with van der Waals surface area (Å²) in [6.45, 7) is 5.21. The fraction of sp³-hybridized carbons (Fsp3) is 0.593. The maximum atomic E-state index is 12.8. The monoisotopic (exact) mass is 652 g/mol. The predicted molar refractivity (Wildman–Crippen MR) is 164 cm³/mol. The van der Waals surface area contributed by atoms with Gasteiger partial charge in [-0.3, -0.25) is 19.8 Å². The van der Waals surface area contributed by atoms with Gasteiger partial charge in [0, 0.05) is 30.1 Å². The second kappa shape index (κ2) is 21.8. The van der Waals surface area contributed by atoms with Crippen LogP contribution in [0.2, 0.25) is 0 Å². The molecule has 0 aliphatic rings. The standard InChI is InChI=1S/C27H44N10O9/c1-27(2,3)46-26(42)34-20(9-4-5-10-33-25(28)41)24(40)32-12-11-31-23(39)18-7-6-8-19(15-18)45-17-22(36-37-30)44-14-13-43-16-21(38)35-29/h6-8,15,20,22H,4-5,9-14,16-17,29H2,1-3H3,(H,31,39)(H,32,40)(H,34,42)(H,35,38)(H3,28,33,41). The summed E-state index contributed by atoms with van der Waals surface area (Å²) in [4.78, 5) is 62.4. The summed E-state index contributed by atoms with van der Waals surface area (Å²) in [7, 11) is 0. The Morgan fingerprint density at radius 3 is 2.43 bits per heavy atom. The maximum Gasteiger partial charge on any atom is 0.408 e. The fourth-order valence-electron chi connectivity index (χ4n) is 3.51. The van der Waals surface area contributed by atoms with Gasteiger partial charge in [0.2, 0.25) is 5.91 Å². The van der Waals surface area contributed by atoms with Gasteiger partial charge in [-0.05, 0) is 63.8 Å². The Morgan fingerprint density at radius 1 is 1.02 bits per heavy atom. The highest BCUT2D eigenvalue weighted by Gasteiger charge is 2.24. The molecule has 2 unspecified atom stereocenters. The van der Waals surface area contributed by atoms with Crippen molar-refractivity contribution in [2.24, 2.45) is 16.7 Å². The van der Waals surface area contributed by atoms with E-state index >= 15 is 0 Å². The average Bonchev–Trinajstić information content (AvgIpc) is 2.99. The molecule has 1 aromatic carbocycles. The van der Waals surface area contributed by atoms with Gasteiger partial charge in [0.1, 0.15) is 30.6 Å². The molecule has 1 rings (SSSR count). The van der Waals surface area contributed by atoms with E-state index in [0.717, 1.165) is 0 Å². The Morgan fingerprint density at radius 2 is 1.76 bits per heavy atom. The number of urea groups is 1. The van der Waals surface area contributed by atoms with E-state index in [1.165, 1.54) is 6.07 Å². The zero-order chi connectivity index (χ0) is 34.4. The minimum Gasteiger partial charge on any atom is -0.491 e. The molecule has 2 atom stereocenters. The molecule has 0 fully saturated rings. The first-order valence-corrected chi connectivity index (χ1v) is 14.4. The summed E-state index contributed by atoms with van der Waals surface area (Å²) in [6, 6.07) is 4.67. The van der Waals surface area contributed by atoms with Crippen molar-refractivity contribution < 1.29 is 42.9 Å². The number of nitrogens with two attached hydrogens (primary N) is 2. The summed E-state index contributed by atoms with van der Waals surface area (Å²) < 4.78 is 21.3. The lowest BCUT2D eigenvalue weighted by Gasteiger charge is -2.23.